The van der Waals surface area contributed by atoms with Crippen molar-refractivity contribution in [1.82, 2.24) is 0 Å². The van der Waals surface area contributed by atoms with Gasteiger partial charge in [-0.05, 0) is 0 Å². The third-order valence-corrected chi connectivity index (χ3v) is 19.5. The van der Waals surface area contributed by atoms with Crippen LogP contribution in [0, 0.1) is 0 Å². The van der Waals surface area contributed by atoms with Gasteiger partial charge in [0.1, 0.15) is 0 Å². The molecule has 1 aromatic carbocycles. The summed E-state index contributed by atoms with van der Waals surface area (Å²) in [4.78, 5) is 0. The van der Waals surface area contributed by atoms with Gasteiger partial charge in [0, 0.05) is 0 Å². The quantitative estimate of drug-likeness (QED) is 0.303. The second-order valence-corrected chi connectivity index (χ2v) is 20.8. The van der Waals surface area contributed by atoms with Gasteiger partial charge in [0.2, 0.25) is 0 Å². The van der Waals surface area contributed by atoms with Crippen LogP contribution in [0.4, 0.5) is 0 Å². The third kappa shape index (κ3) is 8.24. The monoisotopic (exact) mass is 442 g/mol. The molecule has 0 bridgehead atoms. The molecule has 0 aliphatic rings. The molecule has 0 aliphatic carbocycles. The Labute approximate surface area is 154 Å². The number of methoxy groups -OCH3 is 1. The summed E-state index contributed by atoms with van der Waals surface area (Å²) in [6.07, 6.45) is 8.22. The Kier molecular flexibility index (Phi) is 11.9. The van der Waals surface area contributed by atoms with Crippen molar-refractivity contribution in [3.05, 3.63) is 29.8 Å². The molecule has 0 unspecified atom stereocenters. The molecular weight excluding hydrogens is 403 g/mol. The average Bonchev–Trinajstić information content (AvgIpc) is 2.63. The van der Waals surface area contributed by atoms with E-state index in [2.05, 4.69) is 32.9 Å². The van der Waals surface area contributed by atoms with E-state index in [1.165, 1.54) is 57.4 Å². The van der Waals surface area contributed by atoms with Crippen molar-refractivity contribution in [2.24, 2.45) is 0 Å². The first kappa shape index (κ1) is 21.8. The van der Waals surface area contributed by atoms with Gasteiger partial charge in [-0.25, -0.2) is 0 Å². The Morgan fingerprint density at radius 2 is 1.29 bits per heavy atom. The molecular formula is C21H38O2Sn. The molecule has 0 heterocycles. The number of hydrogen-bond acceptors (Lipinski definition) is 2. The van der Waals surface area contributed by atoms with Crippen molar-refractivity contribution in [2.75, 3.05) is 11.7 Å². The van der Waals surface area contributed by atoms with E-state index in [1.54, 1.807) is 7.11 Å². The Balaban J connectivity index is 2.62. The summed E-state index contributed by atoms with van der Waals surface area (Å²) in [5.74, 6) is 0.918. The molecule has 24 heavy (non-hydrogen) atoms. The molecule has 0 aromatic heterocycles. The van der Waals surface area contributed by atoms with Gasteiger partial charge in [0.25, 0.3) is 0 Å². The van der Waals surface area contributed by atoms with E-state index in [0.717, 1.165) is 17.0 Å². The second-order valence-electron chi connectivity index (χ2n) is 7.15. The molecule has 3 heteroatoms. The molecule has 138 valence electrons. The van der Waals surface area contributed by atoms with Crippen LogP contribution >= 0.6 is 0 Å². The first-order valence-corrected chi connectivity index (χ1v) is 18.0. The fourth-order valence-corrected chi connectivity index (χ4v) is 17.7. The molecule has 0 fully saturated rings. The van der Waals surface area contributed by atoms with Gasteiger partial charge in [0.05, 0.1) is 0 Å². The molecule has 0 saturated heterocycles. The van der Waals surface area contributed by atoms with E-state index in [-0.39, 0.29) is 0 Å². The SMILES string of the molecule is CCC[CH2][Sn]([CH2]CCC)([CH2]CCC)[CH2]OCc1ccc(OC)cc1. The fourth-order valence-electron chi connectivity index (χ4n) is 3.35. The minimum atomic E-state index is -2.13. The van der Waals surface area contributed by atoms with Gasteiger partial charge in [-0.3, -0.25) is 0 Å². The summed E-state index contributed by atoms with van der Waals surface area (Å²) in [6.45, 7) is 7.74. The van der Waals surface area contributed by atoms with Crippen LogP contribution in [-0.2, 0) is 11.3 Å². The predicted octanol–water partition coefficient (Wildman–Crippen LogP) is 6.60. The van der Waals surface area contributed by atoms with Crippen LogP contribution in [0.1, 0.15) is 64.9 Å². The molecule has 1 aromatic rings. The molecule has 0 atom stereocenters. The molecule has 0 radical (unpaired) electrons. The number of unbranched alkanes of at least 4 members (excludes halogenated alkanes) is 3. The topological polar surface area (TPSA) is 18.5 Å². The van der Waals surface area contributed by atoms with Crippen molar-refractivity contribution >= 4 is 18.4 Å². The maximum absolute atomic E-state index is 6.30. The van der Waals surface area contributed by atoms with Crippen molar-refractivity contribution in [1.29, 1.82) is 0 Å². The predicted molar refractivity (Wildman–Crippen MR) is 108 cm³/mol. The van der Waals surface area contributed by atoms with E-state index >= 15 is 0 Å². The van der Waals surface area contributed by atoms with Crippen LogP contribution in [0.25, 0.3) is 0 Å². The summed E-state index contributed by atoms with van der Waals surface area (Å²) in [7, 11) is 1.71. The van der Waals surface area contributed by atoms with E-state index in [9.17, 15) is 0 Å². The van der Waals surface area contributed by atoms with Crippen LogP contribution in [0.15, 0.2) is 24.3 Å². The standard InChI is InChI=1S/C9H11O2.3C4H9.Sn/c1-10-7-8-3-5-9(11-2)6-4-8;3*1-3-4-2;/h3-6H,1,7H2,2H3;3*1,3-4H2,2H3;. The molecule has 0 amide bonds. The first-order valence-electron chi connectivity index (χ1n) is 9.90. The first-order chi connectivity index (χ1) is 11.7. The number of ether oxygens (including phenoxy) is 2. The number of rotatable bonds is 14. The van der Waals surface area contributed by atoms with Crippen LogP contribution < -0.4 is 4.74 Å². The summed E-state index contributed by atoms with van der Waals surface area (Å²) < 4.78 is 17.2. The van der Waals surface area contributed by atoms with Crippen LogP contribution in [0.3, 0.4) is 0 Å². The van der Waals surface area contributed by atoms with Gasteiger partial charge in [-0.2, -0.15) is 0 Å². The zero-order valence-corrected chi connectivity index (χ0v) is 19.3. The van der Waals surface area contributed by atoms with E-state index in [0.29, 0.717) is 0 Å². The molecule has 0 spiro atoms. The van der Waals surface area contributed by atoms with Crippen molar-refractivity contribution in [3.8, 4) is 5.75 Å². The van der Waals surface area contributed by atoms with Crippen LogP contribution in [0.5, 0.6) is 5.75 Å². The Bertz CT molecular complexity index is 395. The van der Waals surface area contributed by atoms with Crippen LogP contribution in [0.2, 0.25) is 13.3 Å². The molecule has 1 rings (SSSR count). The Hall–Kier alpha value is -0.221. The zero-order valence-electron chi connectivity index (χ0n) is 16.4. The van der Waals surface area contributed by atoms with Gasteiger partial charge < -0.3 is 0 Å². The van der Waals surface area contributed by atoms with E-state index in [4.69, 9.17) is 9.47 Å². The van der Waals surface area contributed by atoms with Gasteiger partial charge in [-0.15, -0.1) is 0 Å². The van der Waals surface area contributed by atoms with E-state index < -0.39 is 18.4 Å². The van der Waals surface area contributed by atoms with Gasteiger partial charge in [-0.1, -0.05) is 0 Å². The molecule has 0 aliphatic heterocycles. The van der Waals surface area contributed by atoms with E-state index in [1.807, 2.05) is 12.1 Å². The van der Waals surface area contributed by atoms with Gasteiger partial charge in [0.15, 0.2) is 0 Å². The van der Waals surface area contributed by atoms with Crippen molar-refractivity contribution in [3.63, 3.8) is 0 Å². The summed E-state index contributed by atoms with van der Waals surface area (Å²) in [6, 6.07) is 8.31. The Morgan fingerprint density at radius 1 is 0.792 bits per heavy atom. The number of hydrogen-bond donors (Lipinski definition) is 0. The molecule has 2 nitrogen and oxygen atoms in total. The summed E-state index contributed by atoms with van der Waals surface area (Å²) >= 11 is -2.13. The third-order valence-electron chi connectivity index (χ3n) is 5.02. The molecule has 0 N–H and O–H groups in total. The van der Waals surface area contributed by atoms with Crippen molar-refractivity contribution in [2.45, 2.75) is 79.2 Å². The summed E-state index contributed by atoms with van der Waals surface area (Å²) in [5, 5.41) is 0. The van der Waals surface area contributed by atoms with Gasteiger partial charge >= 0.3 is 154 Å². The average molecular weight is 441 g/mol. The number of benzene rings is 1. The minimum absolute atomic E-state index is 0.757. The maximum atomic E-state index is 6.30. The fraction of sp³-hybridized carbons (Fsp3) is 0.714. The summed E-state index contributed by atoms with van der Waals surface area (Å²) in [5.41, 5.74) is 1.26. The zero-order chi connectivity index (χ0) is 17.7. The normalized spacial score (nSPS) is 11.7. The van der Waals surface area contributed by atoms with Crippen molar-refractivity contribution < 1.29 is 9.47 Å². The molecule has 0 saturated carbocycles. The van der Waals surface area contributed by atoms with Crippen LogP contribution in [-0.4, -0.2) is 30.1 Å². The Morgan fingerprint density at radius 3 is 1.71 bits per heavy atom. The second kappa shape index (κ2) is 13.0.